The van der Waals surface area contributed by atoms with Gasteiger partial charge >= 0.3 is 0 Å². The Labute approximate surface area is 118 Å². The normalized spacial score (nSPS) is 13.2. The van der Waals surface area contributed by atoms with Crippen LogP contribution in [0.5, 0.6) is 5.75 Å². The molecule has 0 aromatic carbocycles. The summed E-state index contributed by atoms with van der Waals surface area (Å²) in [7, 11) is -3.13. The zero-order valence-corrected chi connectivity index (χ0v) is 12.6. The van der Waals surface area contributed by atoms with Crippen molar-refractivity contribution < 1.29 is 13.2 Å². The van der Waals surface area contributed by atoms with E-state index in [0.717, 1.165) is 4.68 Å². The Hall–Kier alpha value is -1.41. The predicted octanol–water partition coefficient (Wildman–Crippen LogP) is -0.206. The maximum absolute atomic E-state index is 11.8. The van der Waals surface area contributed by atoms with Crippen molar-refractivity contribution in [3.63, 3.8) is 0 Å². The van der Waals surface area contributed by atoms with Crippen LogP contribution in [0.4, 0.5) is 0 Å². The summed E-state index contributed by atoms with van der Waals surface area (Å²) in [5.74, 6) is 0.366. The number of aromatic nitrogens is 2. The van der Waals surface area contributed by atoms with E-state index in [-0.39, 0.29) is 36.3 Å². The molecule has 0 amide bonds. The van der Waals surface area contributed by atoms with Crippen LogP contribution in [0.25, 0.3) is 0 Å². The third-order valence-electron chi connectivity index (χ3n) is 2.49. The minimum Gasteiger partial charge on any atom is -0.490 e. The van der Waals surface area contributed by atoms with Crippen molar-refractivity contribution in [2.75, 3.05) is 18.1 Å². The van der Waals surface area contributed by atoms with Crippen molar-refractivity contribution in [1.82, 2.24) is 9.78 Å². The topological polar surface area (TPSA) is 104 Å². The molecule has 8 heteroatoms. The number of nitrogens with two attached hydrogens (primary N) is 1. The molecule has 1 atom stereocenters. The van der Waals surface area contributed by atoms with Crippen molar-refractivity contribution in [1.29, 1.82) is 0 Å². The lowest BCUT2D eigenvalue weighted by molar-refractivity contribution is 0.293. The lowest BCUT2D eigenvalue weighted by Crippen LogP contribution is -2.28. The molecule has 2 N–H and O–H groups in total. The second-order valence-corrected chi connectivity index (χ2v) is 7.00. The maximum Gasteiger partial charge on any atom is 0.270 e. The van der Waals surface area contributed by atoms with E-state index in [4.69, 9.17) is 10.5 Å². The molecule has 0 bridgehead atoms. The molecule has 1 aromatic heterocycles. The fraction of sp³-hybridized carbons (Fsp3) is 0.667. The highest BCUT2D eigenvalue weighted by Gasteiger charge is 2.11. The Morgan fingerprint density at radius 3 is 2.70 bits per heavy atom. The van der Waals surface area contributed by atoms with E-state index < -0.39 is 9.84 Å². The smallest absolute Gasteiger partial charge is 0.270 e. The fourth-order valence-electron chi connectivity index (χ4n) is 1.53. The first-order chi connectivity index (χ1) is 9.34. The summed E-state index contributed by atoms with van der Waals surface area (Å²) >= 11 is 0. The minimum atomic E-state index is -3.13. The SMILES string of the molecule is CCCS(=O)(=O)CCn1ncc(OCC(C)N)cc1=O. The standard InChI is InChI=1S/C12H21N3O4S/c1-3-5-20(17,18)6-4-15-12(16)7-11(8-14-15)19-9-10(2)13/h7-8,10H,3-6,9,13H2,1-2H3. The third kappa shape index (κ3) is 5.70. The molecule has 0 spiro atoms. The van der Waals surface area contributed by atoms with Crippen molar-refractivity contribution in [3.8, 4) is 5.75 Å². The second-order valence-electron chi connectivity index (χ2n) is 4.69. The average molecular weight is 303 g/mol. The quantitative estimate of drug-likeness (QED) is 0.713. The molecule has 1 rings (SSSR count). The van der Waals surface area contributed by atoms with E-state index in [1.54, 1.807) is 13.8 Å². The highest BCUT2D eigenvalue weighted by atomic mass is 32.2. The first-order valence-electron chi connectivity index (χ1n) is 6.50. The number of nitrogens with zero attached hydrogens (tertiary/aromatic N) is 2. The summed E-state index contributed by atoms with van der Waals surface area (Å²) < 4.78 is 29.5. The zero-order valence-electron chi connectivity index (χ0n) is 11.8. The molecule has 0 fully saturated rings. The van der Waals surface area contributed by atoms with Crippen LogP contribution in [0, 0.1) is 0 Å². The van der Waals surface area contributed by atoms with Crippen LogP contribution in [0.15, 0.2) is 17.1 Å². The van der Waals surface area contributed by atoms with Crippen LogP contribution >= 0.6 is 0 Å². The summed E-state index contributed by atoms with van der Waals surface area (Å²) in [5, 5.41) is 3.89. The van der Waals surface area contributed by atoms with Gasteiger partial charge in [-0.2, -0.15) is 5.10 Å². The van der Waals surface area contributed by atoms with E-state index in [2.05, 4.69) is 5.10 Å². The molecule has 0 saturated carbocycles. The van der Waals surface area contributed by atoms with E-state index in [0.29, 0.717) is 12.2 Å². The molecular weight excluding hydrogens is 282 g/mol. The van der Waals surface area contributed by atoms with Gasteiger partial charge in [0.2, 0.25) is 0 Å². The molecule has 0 aliphatic heterocycles. The van der Waals surface area contributed by atoms with Crippen LogP contribution in [0.3, 0.4) is 0 Å². The van der Waals surface area contributed by atoms with Crippen LogP contribution in [-0.4, -0.2) is 42.4 Å². The van der Waals surface area contributed by atoms with Crippen molar-refractivity contribution in [2.45, 2.75) is 32.9 Å². The van der Waals surface area contributed by atoms with E-state index in [1.165, 1.54) is 12.3 Å². The lowest BCUT2D eigenvalue weighted by atomic mass is 10.4. The Morgan fingerprint density at radius 2 is 2.15 bits per heavy atom. The number of hydrogen-bond acceptors (Lipinski definition) is 6. The molecule has 0 aliphatic rings. The second kappa shape index (κ2) is 7.39. The third-order valence-corrected chi connectivity index (χ3v) is 4.32. The molecule has 1 unspecified atom stereocenters. The lowest BCUT2D eigenvalue weighted by Gasteiger charge is -2.09. The van der Waals surface area contributed by atoms with Gasteiger partial charge in [-0.25, -0.2) is 13.1 Å². The first kappa shape index (κ1) is 16.6. The Balaban J connectivity index is 2.67. The van der Waals surface area contributed by atoms with Gasteiger partial charge in [0.1, 0.15) is 12.4 Å². The summed E-state index contributed by atoms with van der Waals surface area (Å²) in [6, 6.07) is 1.14. The summed E-state index contributed by atoms with van der Waals surface area (Å²) in [4.78, 5) is 11.8. The molecule has 20 heavy (non-hydrogen) atoms. The van der Waals surface area contributed by atoms with Crippen molar-refractivity contribution >= 4 is 9.84 Å². The Morgan fingerprint density at radius 1 is 1.45 bits per heavy atom. The molecule has 1 heterocycles. The van der Waals surface area contributed by atoms with E-state index in [1.807, 2.05) is 0 Å². The van der Waals surface area contributed by atoms with Gasteiger partial charge in [-0.1, -0.05) is 6.92 Å². The van der Waals surface area contributed by atoms with Gasteiger partial charge in [0, 0.05) is 17.9 Å². The zero-order chi connectivity index (χ0) is 15.2. The van der Waals surface area contributed by atoms with Gasteiger partial charge in [0.05, 0.1) is 18.5 Å². The Kier molecular flexibility index (Phi) is 6.15. The molecule has 0 saturated heterocycles. The molecular formula is C12H21N3O4S. The van der Waals surface area contributed by atoms with Crippen LogP contribution in [0.2, 0.25) is 0 Å². The van der Waals surface area contributed by atoms with Crippen LogP contribution in [0.1, 0.15) is 20.3 Å². The summed E-state index contributed by atoms with van der Waals surface area (Å²) in [6.45, 7) is 3.92. The number of aryl methyl sites for hydroxylation is 1. The summed E-state index contributed by atoms with van der Waals surface area (Å²) in [5.41, 5.74) is 5.15. The minimum absolute atomic E-state index is 0.0503. The fourth-order valence-corrected chi connectivity index (χ4v) is 2.81. The molecule has 0 aliphatic carbocycles. The van der Waals surface area contributed by atoms with Crippen LogP contribution in [-0.2, 0) is 16.4 Å². The highest BCUT2D eigenvalue weighted by molar-refractivity contribution is 7.91. The van der Waals surface area contributed by atoms with Crippen LogP contribution < -0.4 is 16.0 Å². The van der Waals surface area contributed by atoms with E-state index >= 15 is 0 Å². The maximum atomic E-state index is 11.8. The highest BCUT2D eigenvalue weighted by Crippen LogP contribution is 2.04. The molecule has 1 aromatic rings. The van der Waals surface area contributed by atoms with Gasteiger partial charge in [-0.3, -0.25) is 4.79 Å². The average Bonchev–Trinajstić information content (AvgIpc) is 2.35. The van der Waals surface area contributed by atoms with Gasteiger partial charge in [-0.15, -0.1) is 0 Å². The van der Waals surface area contributed by atoms with E-state index in [9.17, 15) is 13.2 Å². The first-order valence-corrected chi connectivity index (χ1v) is 8.32. The van der Waals surface area contributed by atoms with Gasteiger partial charge in [0.15, 0.2) is 9.84 Å². The van der Waals surface area contributed by atoms with Crippen molar-refractivity contribution in [3.05, 3.63) is 22.6 Å². The number of hydrogen-bond donors (Lipinski definition) is 1. The Bertz CT molecular complexity index is 581. The van der Waals surface area contributed by atoms with Gasteiger partial charge in [-0.05, 0) is 13.3 Å². The number of rotatable bonds is 8. The predicted molar refractivity (Wildman–Crippen MR) is 76.6 cm³/mol. The number of ether oxygens (including phenoxy) is 1. The van der Waals surface area contributed by atoms with Crippen molar-refractivity contribution in [2.24, 2.45) is 5.73 Å². The molecule has 114 valence electrons. The number of sulfone groups is 1. The molecule has 7 nitrogen and oxygen atoms in total. The monoisotopic (exact) mass is 303 g/mol. The largest absolute Gasteiger partial charge is 0.490 e. The van der Waals surface area contributed by atoms with Gasteiger partial charge in [0.25, 0.3) is 5.56 Å². The summed E-state index contributed by atoms with van der Waals surface area (Å²) in [6.07, 6.45) is 1.95. The molecule has 0 radical (unpaired) electrons. The van der Waals surface area contributed by atoms with Gasteiger partial charge < -0.3 is 10.5 Å².